The van der Waals surface area contributed by atoms with Crippen molar-refractivity contribution >= 4 is 11.5 Å². The first-order chi connectivity index (χ1) is 12.3. The quantitative estimate of drug-likeness (QED) is 0.793. The highest BCUT2D eigenvalue weighted by Gasteiger charge is 2.20. The minimum absolute atomic E-state index is 0.497. The van der Waals surface area contributed by atoms with E-state index in [0.717, 1.165) is 48.8 Å². The number of anilines is 2. The van der Waals surface area contributed by atoms with Gasteiger partial charge in [-0.2, -0.15) is 0 Å². The molecule has 2 aromatic heterocycles. The van der Waals surface area contributed by atoms with E-state index in [0.29, 0.717) is 6.04 Å². The second kappa shape index (κ2) is 6.97. The van der Waals surface area contributed by atoms with Crippen LogP contribution in [0.2, 0.25) is 0 Å². The molecule has 0 spiro atoms. The Kier molecular flexibility index (Phi) is 4.37. The van der Waals surface area contributed by atoms with Gasteiger partial charge in [0, 0.05) is 56.0 Å². The van der Waals surface area contributed by atoms with Crippen molar-refractivity contribution < 1.29 is 0 Å². The maximum Gasteiger partial charge on any atom is 0.139 e. The zero-order valence-corrected chi connectivity index (χ0v) is 14.5. The molecule has 5 nitrogen and oxygen atoms in total. The SMILES string of the molecule is Cn1ccnc1-c1cccc(NC2CCN(c3ccccn3)CC2)c1. The highest BCUT2D eigenvalue weighted by Crippen LogP contribution is 2.24. The maximum atomic E-state index is 4.46. The zero-order chi connectivity index (χ0) is 17.1. The Balaban J connectivity index is 1.40. The number of piperidine rings is 1. The third-order valence-electron chi connectivity index (χ3n) is 4.78. The monoisotopic (exact) mass is 333 g/mol. The fraction of sp³-hybridized carbons (Fsp3) is 0.300. The molecule has 5 heteroatoms. The predicted molar refractivity (Wildman–Crippen MR) is 102 cm³/mol. The minimum Gasteiger partial charge on any atom is -0.382 e. The Labute approximate surface area is 148 Å². The van der Waals surface area contributed by atoms with Crippen LogP contribution in [0.25, 0.3) is 11.4 Å². The van der Waals surface area contributed by atoms with Gasteiger partial charge in [0.05, 0.1) is 0 Å². The number of benzene rings is 1. The number of aryl methyl sites for hydroxylation is 1. The lowest BCUT2D eigenvalue weighted by Crippen LogP contribution is -2.39. The predicted octanol–water partition coefficient (Wildman–Crippen LogP) is 3.56. The van der Waals surface area contributed by atoms with E-state index in [9.17, 15) is 0 Å². The number of rotatable bonds is 4. The Hall–Kier alpha value is -2.82. The first-order valence-electron chi connectivity index (χ1n) is 8.80. The lowest BCUT2D eigenvalue weighted by molar-refractivity contribution is 0.523. The summed E-state index contributed by atoms with van der Waals surface area (Å²) < 4.78 is 2.05. The number of pyridine rings is 1. The molecule has 0 saturated carbocycles. The summed E-state index contributed by atoms with van der Waals surface area (Å²) in [4.78, 5) is 11.3. The molecule has 0 unspecified atom stereocenters. The Morgan fingerprint density at radius 1 is 1.00 bits per heavy atom. The summed E-state index contributed by atoms with van der Waals surface area (Å²) in [6, 6.07) is 15.1. The second-order valence-electron chi connectivity index (χ2n) is 6.54. The van der Waals surface area contributed by atoms with Crippen LogP contribution in [0.15, 0.2) is 61.1 Å². The van der Waals surface area contributed by atoms with Crippen LogP contribution in [0.1, 0.15) is 12.8 Å². The van der Waals surface area contributed by atoms with Crippen molar-refractivity contribution in [1.29, 1.82) is 0 Å². The van der Waals surface area contributed by atoms with E-state index in [2.05, 4.69) is 56.6 Å². The number of hydrogen-bond donors (Lipinski definition) is 1. The number of nitrogens with one attached hydrogen (secondary N) is 1. The van der Waals surface area contributed by atoms with E-state index in [4.69, 9.17) is 0 Å². The lowest BCUT2D eigenvalue weighted by atomic mass is 10.0. The van der Waals surface area contributed by atoms with Gasteiger partial charge in [0.15, 0.2) is 0 Å². The molecular weight excluding hydrogens is 310 g/mol. The zero-order valence-electron chi connectivity index (χ0n) is 14.5. The van der Waals surface area contributed by atoms with Crippen LogP contribution in [0.4, 0.5) is 11.5 Å². The summed E-state index contributed by atoms with van der Waals surface area (Å²) in [5.41, 5.74) is 2.31. The largest absolute Gasteiger partial charge is 0.382 e. The van der Waals surface area contributed by atoms with Crippen molar-refractivity contribution in [2.45, 2.75) is 18.9 Å². The van der Waals surface area contributed by atoms with Crippen LogP contribution >= 0.6 is 0 Å². The summed E-state index contributed by atoms with van der Waals surface area (Å²) in [6.07, 6.45) is 7.90. The average Bonchev–Trinajstić information content (AvgIpc) is 3.09. The van der Waals surface area contributed by atoms with Crippen LogP contribution < -0.4 is 10.2 Å². The van der Waals surface area contributed by atoms with Gasteiger partial charge in [-0.1, -0.05) is 18.2 Å². The van der Waals surface area contributed by atoms with E-state index in [1.807, 2.05) is 36.3 Å². The summed E-state index contributed by atoms with van der Waals surface area (Å²) in [5, 5.41) is 3.69. The van der Waals surface area contributed by atoms with E-state index < -0.39 is 0 Å². The minimum atomic E-state index is 0.497. The van der Waals surface area contributed by atoms with Gasteiger partial charge in [0.2, 0.25) is 0 Å². The van der Waals surface area contributed by atoms with Crippen LogP contribution in [-0.4, -0.2) is 33.7 Å². The molecule has 0 aliphatic carbocycles. The molecule has 4 rings (SSSR count). The van der Waals surface area contributed by atoms with Gasteiger partial charge >= 0.3 is 0 Å². The molecule has 3 heterocycles. The Morgan fingerprint density at radius 3 is 2.60 bits per heavy atom. The third kappa shape index (κ3) is 3.50. The molecule has 1 aliphatic heterocycles. The molecule has 128 valence electrons. The Morgan fingerprint density at radius 2 is 1.88 bits per heavy atom. The molecule has 25 heavy (non-hydrogen) atoms. The van der Waals surface area contributed by atoms with Crippen molar-refractivity contribution in [3.05, 3.63) is 61.1 Å². The molecule has 1 aromatic carbocycles. The molecule has 0 bridgehead atoms. The van der Waals surface area contributed by atoms with Gasteiger partial charge in [-0.3, -0.25) is 0 Å². The van der Waals surface area contributed by atoms with Crippen molar-refractivity contribution in [3.63, 3.8) is 0 Å². The maximum absolute atomic E-state index is 4.46. The summed E-state index contributed by atoms with van der Waals surface area (Å²) in [6.45, 7) is 2.07. The highest BCUT2D eigenvalue weighted by atomic mass is 15.2. The van der Waals surface area contributed by atoms with E-state index in [1.54, 1.807) is 0 Å². The van der Waals surface area contributed by atoms with Gasteiger partial charge in [-0.25, -0.2) is 9.97 Å². The molecular formula is C20H23N5. The van der Waals surface area contributed by atoms with Crippen LogP contribution in [0.5, 0.6) is 0 Å². The van der Waals surface area contributed by atoms with Crippen LogP contribution in [-0.2, 0) is 7.05 Å². The molecule has 1 fully saturated rings. The summed E-state index contributed by atoms with van der Waals surface area (Å²) >= 11 is 0. The number of hydrogen-bond acceptors (Lipinski definition) is 4. The molecule has 1 saturated heterocycles. The standard InChI is InChI=1S/C20H23N5/c1-24-14-11-22-20(24)16-5-4-6-18(15-16)23-17-8-12-25(13-9-17)19-7-2-3-10-21-19/h2-7,10-11,14-15,17,23H,8-9,12-13H2,1H3. The smallest absolute Gasteiger partial charge is 0.139 e. The number of aromatic nitrogens is 3. The molecule has 0 radical (unpaired) electrons. The van der Waals surface area contributed by atoms with E-state index in [-0.39, 0.29) is 0 Å². The average molecular weight is 333 g/mol. The highest BCUT2D eigenvalue weighted by molar-refractivity contribution is 5.63. The second-order valence-corrected chi connectivity index (χ2v) is 6.54. The van der Waals surface area contributed by atoms with Crippen molar-refractivity contribution in [3.8, 4) is 11.4 Å². The summed E-state index contributed by atoms with van der Waals surface area (Å²) in [5.74, 6) is 2.08. The molecule has 1 aliphatic rings. The first kappa shape index (κ1) is 15.7. The van der Waals surface area contributed by atoms with E-state index in [1.165, 1.54) is 0 Å². The number of imidazole rings is 1. The molecule has 1 N–H and O–H groups in total. The van der Waals surface area contributed by atoms with Gasteiger partial charge in [-0.05, 0) is 37.1 Å². The van der Waals surface area contributed by atoms with E-state index >= 15 is 0 Å². The van der Waals surface area contributed by atoms with Gasteiger partial charge in [0.25, 0.3) is 0 Å². The van der Waals surface area contributed by atoms with Gasteiger partial charge in [0.1, 0.15) is 11.6 Å². The third-order valence-corrected chi connectivity index (χ3v) is 4.78. The fourth-order valence-electron chi connectivity index (χ4n) is 3.42. The van der Waals surface area contributed by atoms with Crippen molar-refractivity contribution in [2.75, 3.05) is 23.3 Å². The lowest BCUT2D eigenvalue weighted by Gasteiger charge is -2.33. The number of nitrogens with zero attached hydrogens (tertiary/aromatic N) is 4. The molecule has 0 atom stereocenters. The van der Waals surface area contributed by atoms with Crippen LogP contribution in [0, 0.1) is 0 Å². The van der Waals surface area contributed by atoms with Crippen molar-refractivity contribution in [1.82, 2.24) is 14.5 Å². The van der Waals surface area contributed by atoms with Gasteiger partial charge < -0.3 is 14.8 Å². The summed E-state index contributed by atoms with van der Waals surface area (Å²) in [7, 11) is 2.02. The fourth-order valence-corrected chi connectivity index (χ4v) is 3.42. The van der Waals surface area contributed by atoms with Crippen molar-refractivity contribution in [2.24, 2.45) is 7.05 Å². The topological polar surface area (TPSA) is 46.0 Å². The van der Waals surface area contributed by atoms with Gasteiger partial charge in [-0.15, -0.1) is 0 Å². The van der Waals surface area contributed by atoms with Crippen LogP contribution in [0.3, 0.4) is 0 Å². The molecule has 0 amide bonds. The Bertz CT molecular complexity index is 819. The first-order valence-corrected chi connectivity index (χ1v) is 8.80. The molecule has 3 aromatic rings. The normalized spacial score (nSPS) is 15.3.